The molecule has 4 heteroatoms. The van der Waals surface area contributed by atoms with Gasteiger partial charge >= 0.3 is 0 Å². The second-order valence-corrected chi connectivity index (χ2v) is 4.60. The second-order valence-electron chi connectivity index (χ2n) is 3.74. The first kappa shape index (κ1) is 11.4. The summed E-state index contributed by atoms with van der Waals surface area (Å²) in [7, 11) is 1.88. The SMILES string of the molecule is Cn1cncc1C(O)Cc1ccccc1Br. The van der Waals surface area contributed by atoms with Crippen molar-refractivity contribution >= 4 is 15.9 Å². The summed E-state index contributed by atoms with van der Waals surface area (Å²) in [4.78, 5) is 4.00. The van der Waals surface area contributed by atoms with E-state index in [0.717, 1.165) is 15.7 Å². The Morgan fingerprint density at radius 1 is 1.44 bits per heavy atom. The van der Waals surface area contributed by atoms with Gasteiger partial charge in [0.25, 0.3) is 0 Å². The maximum absolute atomic E-state index is 10.1. The lowest BCUT2D eigenvalue weighted by Gasteiger charge is -2.12. The topological polar surface area (TPSA) is 38.0 Å². The second kappa shape index (κ2) is 4.80. The van der Waals surface area contributed by atoms with Crippen LogP contribution in [0.2, 0.25) is 0 Å². The Bertz CT molecular complexity index is 481. The molecule has 84 valence electrons. The number of aromatic nitrogens is 2. The van der Waals surface area contributed by atoms with Gasteiger partial charge < -0.3 is 9.67 Å². The predicted molar refractivity (Wildman–Crippen MR) is 66.0 cm³/mol. The molecule has 0 aliphatic carbocycles. The molecule has 0 fully saturated rings. The van der Waals surface area contributed by atoms with Gasteiger partial charge in [0.1, 0.15) is 0 Å². The van der Waals surface area contributed by atoms with Gasteiger partial charge in [-0.05, 0) is 11.6 Å². The van der Waals surface area contributed by atoms with E-state index < -0.39 is 6.10 Å². The molecule has 0 bridgehead atoms. The normalized spacial score (nSPS) is 12.7. The van der Waals surface area contributed by atoms with Crippen LogP contribution in [-0.2, 0) is 13.5 Å². The maximum Gasteiger partial charge on any atom is 0.0996 e. The molecule has 2 aromatic rings. The van der Waals surface area contributed by atoms with Crippen molar-refractivity contribution in [2.75, 3.05) is 0 Å². The first-order chi connectivity index (χ1) is 7.68. The standard InChI is InChI=1S/C12H13BrN2O/c1-15-8-14-7-11(15)12(16)6-9-4-2-3-5-10(9)13/h2-5,7-8,12,16H,6H2,1H3. The quantitative estimate of drug-likeness (QED) is 0.938. The third kappa shape index (κ3) is 2.33. The first-order valence-electron chi connectivity index (χ1n) is 5.06. The van der Waals surface area contributed by atoms with E-state index in [9.17, 15) is 5.11 Å². The van der Waals surface area contributed by atoms with Gasteiger partial charge in [-0.1, -0.05) is 34.1 Å². The molecule has 1 N–H and O–H groups in total. The van der Waals surface area contributed by atoms with Gasteiger partial charge in [-0.3, -0.25) is 0 Å². The largest absolute Gasteiger partial charge is 0.386 e. The molecule has 0 saturated heterocycles. The van der Waals surface area contributed by atoms with E-state index >= 15 is 0 Å². The van der Waals surface area contributed by atoms with Gasteiger partial charge in [-0.2, -0.15) is 0 Å². The molecule has 0 spiro atoms. The van der Waals surface area contributed by atoms with E-state index in [1.54, 1.807) is 12.5 Å². The Kier molecular flexibility index (Phi) is 3.41. The molecule has 1 atom stereocenters. The fourth-order valence-electron chi connectivity index (χ4n) is 1.67. The average molecular weight is 281 g/mol. The number of imidazole rings is 1. The molecule has 3 nitrogen and oxygen atoms in total. The fourth-order valence-corrected chi connectivity index (χ4v) is 2.11. The summed E-state index contributed by atoms with van der Waals surface area (Å²) in [5.41, 5.74) is 1.92. The van der Waals surface area contributed by atoms with E-state index in [4.69, 9.17) is 0 Å². The van der Waals surface area contributed by atoms with Gasteiger partial charge in [0.2, 0.25) is 0 Å². The number of aryl methyl sites for hydroxylation is 1. The van der Waals surface area contributed by atoms with Gasteiger partial charge in [-0.25, -0.2) is 4.98 Å². The summed E-state index contributed by atoms with van der Waals surface area (Å²) >= 11 is 3.47. The number of nitrogens with zero attached hydrogens (tertiary/aromatic N) is 2. The minimum Gasteiger partial charge on any atom is -0.386 e. The van der Waals surface area contributed by atoms with Gasteiger partial charge in [0.05, 0.1) is 24.3 Å². The lowest BCUT2D eigenvalue weighted by Crippen LogP contribution is -2.06. The van der Waals surface area contributed by atoms with Crippen molar-refractivity contribution in [1.29, 1.82) is 0 Å². The van der Waals surface area contributed by atoms with Crippen LogP contribution in [-0.4, -0.2) is 14.7 Å². The molecule has 1 heterocycles. The zero-order valence-electron chi connectivity index (χ0n) is 8.97. The Morgan fingerprint density at radius 3 is 2.81 bits per heavy atom. The van der Waals surface area contributed by atoms with Crippen molar-refractivity contribution in [3.63, 3.8) is 0 Å². The van der Waals surface area contributed by atoms with Gasteiger partial charge in [-0.15, -0.1) is 0 Å². The molecule has 0 radical (unpaired) electrons. The third-order valence-electron chi connectivity index (χ3n) is 2.57. The summed E-state index contributed by atoms with van der Waals surface area (Å²) in [6.45, 7) is 0. The van der Waals surface area contributed by atoms with Crippen LogP contribution in [0.5, 0.6) is 0 Å². The van der Waals surface area contributed by atoms with E-state index in [2.05, 4.69) is 20.9 Å². The van der Waals surface area contributed by atoms with Crippen molar-refractivity contribution in [2.45, 2.75) is 12.5 Å². The monoisotopic (exact) mass is 280 g/mol. The Hall–Kier alpha value is -1.13. The summed E-state index contributed by atoms with van der Waals surface area (Å²) in [6.07, 6.45) is 3.45. The number of benzene rings is 1. The van der Waals surface area contributed by atoms with Crippen molar-refractivity contribution in [1.82, 2.24) is 9.55 Å². The Morgan fingerprint density at radius 2 is 2.19 bits per heavy atom. The zero-order valence-corrected chi connectivity index (χ0v) is 10.6. The van der Waals surface area contributed by atoms with Crippen LogP contribution in [0.15, 0.2) is 41.3 Å². The molecule has 1 unspecified atom stereocenters. The highest BCUT2D eigenvalue weighted by atomic mass is 79.9. The number of aliphatic hydroxyl groups is 1. The highest BCUT2D eigenvalue weighted by molar-refractivity contribution is 9.10. The molecule has 16 heavy (non-hydrogen) atoms. The molecule has 1 aromatic carbocycles. The lowest BCUT2D eigenvalue weighted by molar-refractivity contribution is 0.170. The maximum atomic E-state index is 10.1. The molecule has 2 rings (SSSR count). The molecular weight excluding hydrogens is 268 g/mol. The van der Waals surface area contributed by atoms with Crippen LogP contribution in [0.25, 0.3) is 0 Å². The van der Waals surface area contributed by atoms with Crippen molar-refractivity contribution in [2.24, 2.45) is 7.05 Å². The summed E-state index contributed by atoms with van der Waals surface area (Å²) in [5.74, 6) is 0. The van der Waals surface area contributed by atoms with E-state index in [-0.39, 0.29) is 0 Å². The van der Waals surface area contributed by atoms with Crippen LogP contribution < -0.4 is 0 Å². The smallest absolute Gasteiger partial charge is 0.0996 e. The summed E-state index contributed by atoms with van der Waals surface area (Å²) < 4.78 is 2.86. The summed E-state index contributed by atoms with van der Waals surface area (Å²) in [5, 5.41) is 10.1. The lowest BCUT2D eigenvalue weighted by atomic mass is 10.1. The molecule has 0 saturated carbocycles. The number of aliphatic hydroxyl groups excluding tert-OH is 1. The highest BCUT2D eigenvalue weighted by Gasteiger charge is 2.13. The van der Waals surface area contributed by atoms with Gasteiger partial charge in [0.15, 0.2) is 0 Å². The molecule has 1 aromatic heterocycles. The Balaban J connectivity index is 2.17. The summed E-state index contributed by atoms with van der Waals surface area (Å²) in [6, 6.07) is 7.91. The molecule has 0 aliphatic rings. The van der Waals surface area contributed by atoms with Crippen molar-refractivity contribution < 1.29 is 5.11 Å². The minimum atomic E-state index is -0.522. The van der Waals surface area contributed by atoms with E-state index in [1.807, 2.05) is 35.9 Å². The van der Waals surface area contributed by atoms with Crippen molar-refractivity contribution in [3.05, 3.63) is 52.5 Å². The molecule has 0 amide bonds. The highest BCUT2D eigenvalue weighted by Crippen LogP contribution is 2.23. The van der Waals surface area contributed by atoms with E-state index in [0.29, 0.717) is 6.42 Å². The molecular formula is C12H13BrN2O. The van der Waals surface area contributed by atoms with Crippen LogP contribution in [0, 0.1) is 0 Å². The van der Waals surface area contributed by atoms with Crippen LogP contribution in [0.4, 0.5) is 0 Å². The van der Waals surface area contributed by atoms with Crippen LogP contribution in [0.3, 0.4) is 0 Å². The zero-order chi connectivity index (χ0) is 11.5. The number of rotatable bonds is 3. The minimum absolute atomic E-state index is 0.522. The fraction of sp³-hybridized carbons (Fsp3) is 0.250. The number of hydrogen-bond donors (Lipinski definition) is 1. The van der Waals surface area contributed by atoms with Crippen LogP contribution >= 0.6 is 15.9 Å². The number of halogens is 1. The van der Waals surface area contributed by atoms with Crippen LogP contribution in [0.1, 0.15) is 17.4 Å². The average Bonchev–Trinajstić information content (AvgIpc) is 2.68. The first-order valence-corrected chi connectivity index (χ1v) is 5.85. The molecule has 0 aliphatic heterocycles. The Labute approximate surface area is 103 Å². The third-order valence-corrected chi connectivity index (χ3v) is 3.34. The van der Waals surface area contributed by atoms with Gasteiger partial charge in [0, 0.05) is 17.9 Å². The predicted octanol–water partition coefficient (Wildman–Crippen LogP) is 2.46. The van der Waals surface area contributed by atoms with Crippen molar-refractivity contribution in [3.8, 4) is 0 Å². The number of hydrogen-bond acceptors (Lipinski definition) is 2. The van der Waals surface area contributed by atoms with E-state index in [1.165, 1.54) is 0 Å².